The Morgan fingerprint density at radius 1 is 1.12 bits per heavy atom. The second kappa shape index (κ2) is 7.50. The maximum atomic E-state index is 12.7. The van der Waals surface area contributed by atoms with E-state index < -0.39 is 16.0 Å². The van der Waals surface area contributed by atoms with E-state index in [2.05, 4.69) is 30.2 Å². The molecule has 0 aliphatic heterocycles. The monoisotopic (exact) mass is 375 g/mol. The summed E-state index contributed by atoms with van der Waals surface area (Å²) in [6.45, 7) is 8.11. The number of methoxy groups -OCH3 is 1. The summed E-state index contributed by atoms with van der Waals surface area (Å²) in [4.78, 5) is 11.8. The van der Waals surface area contributed by atoms with Crippen molar-refractivity contribution in [3.8, 4) is 0 Å². The van der Waals surface area contributed by atoms with Gasteiger partial charge in [0.2, 0.25) is 0 Å². The molecule has 0 heterocycles. The van der Waals surface area contributed by atoms with Gasteiger partial charge in [0.15, 0.2) is 0 Å². The summed E-state index contributed by atoms with van der Waals surface area (Å²) in [5, 5.41) is 0. The first-order chi connectivity index (χ1) is 12.1. The smallest absolute Gasteiger partial charge is 0.337 e. The molecule has 0 bridgehead atoms. The molecule has 5 nitrogen and oxygen atoms in total. The van der Waals surface area contributed by atoms with E-state index in [0.717, 1.165) is 12.0 Å². The van der Waals surface area contributed by atoms with Gasteiger partial charge in [-0.25, -0.2) is 13.2 Å². The summed E-state index contributed by atoms with van der Waals surface area (Å²) >= 11 is 0. The number of ether oxygens (including phenoxy) is 1. The molecular weight excluding hydrogens is 350 g/mol. The first-order valence-electron chi connectivity index (χ1n) is 8.43. The van der Waals surface area contributed by atoms with Crippen molar-refractivity contribution in [2.45, 2.75) is 44.4 Å². The van der Waals surface area contributed by atoms with Gasteiger partial charge in [-0.15, -0.1) is 0 Å². The average Bonchev–Trinajstić information content (AvgIpc) is 2.62. The predicted octanol–water partition coefficient (Wildman–Crippen LogP) is 4.27. The Bertz CT molecular complexity index is 900. The molecule has 2 aromatic carbocycles. The lowest BCUT2D eigenvalue weighted by Crippen LogP contribution is -2.17. The third kappa shape index (κ3) is 4.25. The van der Waals surface area contributed by atoms with Crippen molar-refractivity contribution in [1.82, 2.24) is 0 Å². The van der Waals surface area contributed by atoms with Gasteiger partial charge in [-0.1, -0.05) is 39.0 Å². The second-order valence-electron chi connectivity index (χ2n) is 6.89. The molecule has 0 aliphatic carbocycles. The topological polar surface area (TPSA) is 72.5 Å². The summed E-state index contributed by atoms with van der Waals surface area (Å²) in [5.74, 6) is -0.517. The van der Waals surface area contributed by atoms with E-state index >= 15 is 0 Å². The molecule has 6 heteroatoms. The highest BCUT2D eigenvalue weighted by Gasteiger charge is 2.21. The average molecular weight is 375 g/mol. The van der Waals surface area contributed by atoms with Crippen LogP contribution in [-0.4, -0.2) is 21.5 Å². The van der Waals surface area contributed by atoms with Crippen LogP contribution in [0, 0.1) is 6.92 Å². The highest BCUT2D eigenvalue weighted by atomic mass is 32.2. The molecule has 0 spiro atoms. The van der Waals surface area contributed by atoms with Crippen molar-refractivity contribution in [3.05, 3.63) is 59.2 Å². The number of rotatable bonds is 6. The largest absolute Gasteiger partial charge is 0.465 e. The molecule has 26 heavy (non-hydrogen) atoms. The zero-order valence-corrected chi connectivity index (χ0v) is 16.6. The summed E-state index contributed by atoms with van der Waals surface area (Å²) in [6, 6.07) is 11.7. The lowest BCUT2D eigenvalue weighted by atomic mass is 9.82. The lowest BCUT2D eigenvalue weighted by molar-refractivity contribution is 0.0601. The predicted molar refractivity (Wildman–Crippen MR) is 103 cm³/mol. The van der Waals surface area contributed by atoms with Crippen molar-refractivity contribution in [2.75, 3.05) is 11.8 Å². The van der Waals surface area contributed by atoms with Crippen LogP contribution in [0.1, 0.15) is 48.7 Å². The van der Waals surface area contributed by atoms with Gasteiger partial charge < -0.3 is 4.74 Å². The number of hydrogen-bond donors (Lipinski definition) is 1. The summed E-state index contributed by atoms with van der Waals surface area (Å²) in [7, 11) is -2.47. The summed E-state index contributed by atoms with van der Waals surface area (Å²) in [6.07, 6.45) is 0.955. The Morgan fingerprint density at radius 3 is 2.27 bits per heavy atom. The van der Waals surface area contributed by atoms with Gasteiger partial charge in [-0.05, 0) is 54.2 Å². The number of carbonyl (C=O) groups excluding carboxylic acids is 1. The fourth-order valence-electron chi connectivity index (χ4n) is 2.47. The third-order valence-electron chi connectivity index (χ3n) is 4.73. The Kier molecular flexibility index (Phi) is 5.76. The molecule has 0 aromatic heterocycles. The standard InChI is InChI=1S/C20H25NO4S/c1-6-20(3,4)16-9-11-17(12-10-16)26(23,24)21-18-13-15(19(22)25-5)8-7-14(18)2/h7-13,21H,6H2,1-5H3. The summed E-state index contributed by atoms with van der Waals surface area (Å²) in [5.41, 5.74) is 2.43. The van der Waals surface area contributed by atoms with Crippen LogP contribution in [0.5, 0.6) is 0 Å². The van der Waals surface area contributed by atoms with Crippen LogP contribution in [0.3, 0.4) is 0 Å². The zero-order valence-electron chi connectivity index (χ0n) is 15.8. The molecule has 0 radical (unpaired) electrons. The lowest BCUT2D eigenvalue weighted by Gasteiger charge is -2.23. The quantitative estimate of drug-likeness (QED) is 0.765. The highest BCUT2D eigenvalue weighted by Crippen LogP contribution is 2.28. The fourth-order valence-corrected chi connectivity index (χ4v) is 3.59. The van der Waals surface area contributed by atoms with Crippen LogP contribution in [-0.2, 0) is 20.2 Å². The maximum absolute atomic E-state index is 12.7. The molecule has 0 aliphatic rings. The van der Waals surface area contributed by atoms with Gasteiger partial charge in [0.25, 0.3) is 10.0 Å². The molecular formula is C20H25NO4S. The van der Waals surface area contributed by atoms with Crippen LogP contribution < -0.4 is 4.72 Å². The van der Waals surface area contributed by atoms with Crippen LogP contribution >= 0.6 is 0 Å². The van der Waals surface area contributed by atoms with Gasteiger partial charge in [-0.3, -0.25) is 4.72 Å². The molecule has 0 saturated carbocycles. The molecule has 0 fully saturated rings. The van der Waals surface area contributed by atoms with E-state index in [1.807, 2.05) is 12.1 Å². The van der Waals surface area contributed by atoms with Crippen LogP contribution in [0.15, 0.2) is 47.4 Å². The number of carbonyl (C=O) groups is 1. The number of nitrogens with one attached hydrogen (secondary N) is 1. The zero-order chi connectivity index (χ0) is 19.5. The number of sulfonamides is 1. The van der Waals surface area contributed by atoms with E-state index in [-0.39, 0.29) is 15.9 Å². The van der Waals surface area contributed by atoms with Crippen molar-refractivity contribution in [2.24, 2.45) is 0 Å². The van der Waals surface area contributed by atoms with Crippen molar-refractivity contribution < 1.29 is 17.9 Å². The minimum Gasteiger partial charge on any atom is -0.465 e. The van der Waals surface area contributed by atoms with Crippen molar-refractivity contribution >= 4 is 21.7 Å². The first kappa shape index (κ1) is 20.0. The van der Waals surface area contributed by atoms with Crippen LogP contribution in [0.25, 0.3) is 0 Å². The first-order valence-corrected chi connectivity index (χ1v) is 9.91. The number of hydrogen-bond acceptors (Lipinski definition) is 4. The van der Waals surface area contributed by atoms with E-state index in [1.54, 1.807) is 31.2 Å². The number of esters is 1. The normalized spacial score (nSPS) is 11.9. The van der Waals surface area contributed by atoms with Gasteiger partial charge in [0.1, 0.15) is 0 Å². The molecule has 0 amide bonds. The Balaban J connectivity index is 2.33. The van der Waals surface area contributed by atoms with Gasteiger partial charge in [0, 0.05) is 0 Å². The maximum Gasteiger partial charge on any atom is 0.337 e. The molecule has 0 unspecified atom stereocenters. The molecule has 0 atom stereocenters. The van der Waals surface area contributed by atoms with E-state index in [9.17, 15) is 13.2 Å². The Morgan fingerprint density at radius 2 is 1.73 bits per heavy atom. The Labute approximate surface area is 155 Å². The third-order valence-corrected chi connectivity index (χ3v) is 6.11. The minimum absolute atomic E-state index is 0.0127. The van der Waals surface area contributed by atoms with Crippen LogP contribution in [0.4, 0.5) is 5.69 Å². The van der Waals surface area contributed by atoms with Gasteiger partial charge in [-0.2, -0.15) is 0 Å². The van der Waals surface area contributed by atoms with E-state index in [4.69, 9.17) is 0 Å². The molecule has 140 valence electrons. The fraction of sp³-hybridized carbons (Fsp3) is 0.350. The summed E-state index contributed by atoms with van der Waals surface area (Å²) < 4.78 is 32.7. The molecule has 1 N–H and O–H groups in total. The van der Waals surface area contributed by atoms with E-state index in [1.165, 1.54) is 13.2 Å². The molecule has 2 aromatic rings. The van der Waals surface area contributed by atoms with Gasteiger partial charge >= 0.3 is 5.97 Å². The van der Waals surface area contributed by atoms with Gasteiger partial charge in [0.05, 0.1) is 23.3 Å². The van der Waals surface area contributed by atoms with Crippen molar-refractivity contribution in [3.63, 3.8) is 0 Å². The minimum atomic E-state index is -3.76. The Hall–Kier alpha value is -2.34. The number of aryl methyl sites for hydroxylation is 1. The molecule has 2 rings (SSSR count). The SMILES string of the molecule is CCC(C)(C)c1ccc(S(=O)(=O)Nc2cc(C(=O)OC)ccc2C)cc1. The van der Waals surface area contributed by atoms with Crippen molar-refractivity contribution in [1.29, 1.82) is 0 Å². The van der Waals surface area contributed by atoms with Crippen LogP contribution in [0.2, 0.25) is 0 Å². The molecule has 0 saturated heterocycles. The van der Waals surface area contributed by atoms with E-state index in [0.29, 0.717) is 11.3 Å². The number of anilines is 1. The second-order valence-corrected chi connectivity index (χ2v) is 8.57. The highest BCUT2D eigenvalue weighted by molar-refractivity contribution is 7.92. The number of benzene rings is 2.